The lowest BCUT2D eigenvalue weighted by Crippen LogP contribution is -2.35. The molecule has 0 unspecified atom stereocenters. The number of aromatic nitrogens is 1. The molecule has 0 aliphatic carbocycles. The van der Waals surface area contributed by atoms with Crippen LogP contribution in [0.3, 0.4) is 0 Å². The van der Waals surface area contributed by atoms with E-state index in [1.807, 2.05) is 6.92 Å². The molecule has 1 atom stereocenters. The second-order valence-corrected chi connectivity index (χ2v) is 7.29. The van der Waals surface area contributed by atoms with Gasteiger partial charge < -0.3 is 10.1 Å². The minimum atomic E-state index is -0.234. The number of ether oxygens (including phenoxy) is 1. The van der Waals surface area contributed by atoms with Crippen LogP contribution in [0.4, 0.5) is 0 Å². The first kappa shape index (κ1) is 14.7. The Hall–Kier alpha value is -1.24. The van der Waals surface area contributed by atoms with E-state index in [1.165, 1.54) is 9.75 Å². The van der Waals surface area contributed by atoms with E-state index in [0.717, 1.165) is 30.0 Å². The zero-order valence-corrected chi connectivity index (χ0v) is 13.6. The Morgan fingerprint density at radius 2 is 2.43 bits per heavy atom. The van der Waals surface area contributed by atoms with Gasteiger partial charge in [-0.15, -0.1) is 22.7 Å². The Kier molecular flexibility index (Phi) is 4.67. The zero-order valence-electron chi connectivity index (χ0n) is 11.9. The topological polar surface area (TPSA) is 51.2 Å². The van der Waals surface area contributed by atoms with E-state index < -0.39 is 0 Å². The van der Waals surface area contributed by atoms with Crippen molar-refractivity contribution in [3.05, 3.63) is 27.4 Å². The molecule has 1 aliphatic rings. The molecule has 0 radical (unpaired) electrons. The molecule has 1 fully saturated rings. The van der Waals surface area contributed by atoms with Crippen LogP contribution in [0.1, 0.15) is 22.7 Å². The molecule has 4 nitrogen and oxygen atoms in total. The van der Waals surface area contributed by atoms with Crippen LogP contribution in [0, 0.1) is 6.92 Å². The minimum absolute atomic E-state index is 0.0272. The van der Waals surface area contributed by atoms with Crippen molar-refractivity contribution in [3.63, 3.8) is 0 Å². The largest absolute Gasteiger partial charge is 0.368 e. The fourth-order valence-electron chi connectivity index (χ4n) is 2.33. The summed E-state index contributed by atoms with van der Waals surface area (Å²) in [5.74, 6) is 0.0272. The monoisotopic (exact) mass is 322 g/mol. The summed E-state index contributed by atoms with van der Waals surface area (Å²) in [6.07, 6.45) is 2.45. The normalized spacial score (nSPS) is 18.0. The third kappa shape index (κ3) is 3.70. The third-order valence-electron chi connectivity index (χ3n) is 3.43. The summed E-state index contributed by atoms with van der Waals surface area (Å²) in [6, 6.07) is 4.23. The van der Waals surface area contributed by atoms with Gasteiger partial charge >= 0.3 is 0 Å². The van der Waals surface area contributed by atoms with Crippen molar-refractivity contribution in [2.45, 2.75) is 32.3 Å². The van der Waals surface area contributed by atoms with E-state index in [1.54, 1.807) is 22.7 Å². The van der Waals surface area contributed by atoms with Gasteiger partial charge in [0.1, 0.15) is 6.10 Å². The zero-order chi connectivity index (χ0) is 14.7. The number of carbonyl (C=O) groups excluding carboxylic acids is 1. The number of thiophene rings is 1. The van der Waals surface area contributed by atoms with E-state index in [2.05, 4.69) is 27.8 Å². The van der Waals surface area contributed by atoms with Crippen LogP contribution >= 0.6 is 22.7 Å². The number of carbonyl (C=O) groups is 1. The molecule has 1 amide bonds. The van der Waals surface area contributed by atoms with Gasteiger partial charge in [0.05, 0.1) is 15.6 Å². The average molecular weight is 322 g/mol. The van der Waals surface area contributed by atoms with E-state index in [4.69, 9.17) is 4.74 Å². The van der Waals surface area contributed by atoms with Crippen molar-refractivity contribution in [1.82, 2.24) is 10.3 Å². The maximum absolute atomic E-state index is 11.8. The second kappa shape index (κ2) is 6.68. The number of rotatable bonds is 5. The summed E-state index contributed by atoms with van der Waals surface area (Å²) in [4.78, 5) is 18.8. The number of nitrogens with zero attached hydrogens (tertiary/aromatic N) is 1. The first-order valence-electron chi connectivity index (χ1n) is 7.13. The van der Waals surface area contributed by atoms with Crippen LogP contribution in [0.2, 0.25) is 0 Å². The quantitative estimate of drug-likeness (QED) is 0.920. The number of thiazole rings is 1. The Balaban J connectivity index is 1.49. The summed E-state index contributed by atoms with van der Waals surface area (Å²) < 4.78 is 5.37. The van der Waals surface area contributed by atoms with Crippen molar-refractivity contribution in [3.8, 4) is 10.6 Å². The molecule has 0 spiro atoms. The van der Waals surface area contributed by atoms with Crippen LogP contribution in [0.25, 0.3) is 10.6 Å². The van der Waals surface area contributed by atoms with Crippen molar-refractivity contribution in [1.29, 1.82) is 0 Å². The van der Waals surface area contributed by atoms with Crippen molar-refractivity contribution >= 4 is 28.6 Å². The predicted octanol–water partition coefficient (Wildman–Crippen LogP) is 3.02. The van der Waals surface area contributed by atoms with Crippen LogP contribution in [0.5, 0.6) is 0 Å². The van der Waals surface area contributed by atoms with Gasteiger partial charge in [-0.2, -0.15) is 0 Å². The van der Waals surface area contributed by atoms with Gasteiger partial charge in [0.2, 0.25) is 5.91 Å². The Morgan fingerprint density at radius 3 is 3.14 bits per heavy atom. The number of amides is 1. The number of aryl methyl sites for hydroxylation is 1. The molecule has 2 aromatic rings. The molecular formula is C15H18N2O2S2. The molecule has 21 heavy (non-hydrogen) atoms. The molecule has 6 heteroatoms. The molecule has 1 aliphatic heterocycles. The lowest BCUT2D eigenvalue weighted by Gasteiger charge is -2.09. The molecule has 112 valence electrons. The van der Waals surface area contributed by atoms with Gasteiger partial charge in [-0.05, 0) is 38.3 Å². The maximum Gasteiger partial charge on any atom is 0.249 e. The van der Waals surface area contributed by atoms with Gasteiger partial charge in [0.25, 0.3) is 0 Å². The highest BCUT2D eigenvalue weighted by Crippen LogP contribution is 2.29. The minimum Gasteiger partial charge on any atom is -0.368 e. The molecule has 0 saturated carbocycles. The summed E-state index contributed by atoms with van der Waals surface area (Å²) >= 11 is 3.41. The average Bonchev–Trinajstić information content (AvgIpc) is 3.19. The molecular weight excluding hydrogens is 304 g/mol. The SMILES string of the molecule is Cc1nc(-c2ccc(CCNC(=O)[C@H]3CCCO3)s2)cs1. The standard InChI is InChI=1S/C15H18N2O2S2/c1-10-17-12(9-20-10)14-5-4-11(21-14)6-7-16-15(18)13-3-2-8-19-13/h4-5,9,13H,2-3,6-8H2,1H3,(H,16,18)/t13-/m1/s1. The molecule has 0 bridgehead atoms. The summed E-state index contributed by atoms with van der Waals surface area (Å²) in [7, 11) is 0. The van der Waals surface area contributed by atoms with Crippen LogP contribution in [-0.4, -0.2) is 30.1 Å². The number of hydrogen-bond donors (Lipinski definition) is 1. The van der Waals surface area contributed by atoms with E-state index in [9.17, 15) is 4.79 Å². The first-order valence-corrected chi connectivity index (χ1v) is 8.82. The second-order valence-electron chi connectivity index (χ2n) is 5.06. The van der Waals surface area contributed by atoms with Gasteiger partial charge in [0.15, 0.2) is 0 Å². The fraction of sp³-hybridized carbons (Fsp3) is 0.467. The van der Waals surface area contributed by atoms with Crippen molar-refractivity contribution in [2.24, 2.45) is 0 Å². The van der Waals surface area contributed by atoms with Crippen LogP contribution in [0.15, 0.2) is 17.5 Å². The first-order chi connectivity index (χ1) is 10.2. The van der Waals surface area contributed by atoms with E-state index in [0.29, 0.717) is 13.2 Å². The Bertz CT molecular complexity index is 615. The Morgan fingerprint density at radius 1 is 1.52 bits per heavy atom. The Labute approximate surface area is 132 Å². The molecule has 0 aromatic carbocycles. The lowest BCUT2D eigenvalue weighted by atomic mass is 10.2. The highest BCUT2D eigenvalue weighted by molar-refractivity contribution is 7.16. The highest BCUT2D eigenvalue weighted by atomic mass is 32.1. The highest BCUT2D eigenvalue weighted by Gasteiger charge is 2.22. The molecule has 1 saturated heterocycles. The van der Waals surface area contributed by atoms with Crippen LogP contribution < -0.4 is 5.32 Å². The van der Waals surface area contributed by atoms with Crippen molar-refractivity contribution < 1.29 is 9.53 Å². The lowest BCUT2D eigenvalue weighted by molar-refractivity contribution is -0.129. The van der Waals surface area contributed by atoms with Gasteiger partial charge in [-0.25, -0.2) is 4.98 Å². The smallest absolute Gasteiger partial charge is 0.249 e. The van der Waals surface area contributed by atoms with Gasteiger partial charge in [0, 0.05) is 23.4 Å². The van der Waals surface area contributed by atoms with Gasteiger partial charge in [-0.3, -0.25) is 4.79 Å². The molecule has 3 rings (SSSR count). The summed E-state index contributed by atoms with van der Waals surface area (Å²) in [5.41, 5.74) is 1.05. The number of hydrogen-bond acceptors (Lipinski definition) is 5. The summed E-state index contributed by atoms with van der Waals surface area (Å²) in [5, 5.41) is 6.13. The molecule has 1 N–H and O–H groups in total. The molecule has 2 aromatic heterocycles. The number of nitrogens with one attached hydrogen (secondary N) is 1. The van der Waals surface area contributed by atoms with E-state index >= 15 is 0 Å². The van der Waals surface area contributed by atoms with E-state index in [-0.39, 0.29) is 12.0 Å². The predicted molar refractivity (Wildman–Crippen MR) is 85.9 cm³/mol. The summed E-state index contributed by atoms with van der Waals surface area (Å²) in [6.45, 7) is 3.39. The van der Waals surface area contributed by atoms with Crippen LogP contribution in [-0.2, 0) is 16.0 Å². The fourth-order valence-corrected chi connectivity index (χ4v) is 3.99. The van der Waals surface area contributed by atoms with Gasteiger partial charge in [-0.1, -0.05) is 0 Å². The third-order valence-corrected chi connectivity index (χ3v) is 5.37. The maximum atomic E-state index is 11.8. The van der Waals surface area contributed by atoms with Crippen molar-refractivity contribution in [2.75, 3.05) is 13.2 Å². The molecule has 3 heterocycles.